The van der Waals surface area contributed by atoms with Crippen LogP contribution in [0.25, 0.3) is 0 Å². The van der Waals surface area contributed by atoms with Gasteiger partial charge in [-0.3, -0.25) is 9.59 Å². The SMILES string of the molecule is CC(=O)c1ccccc1[S+](C)C.C[S+](C)c1ccccc1C(=O)c1ccccc1. The minimum atomic E-state index is 0.0943. The molecule has 0 aliphatic rings. The van der Waals surface area contributed by atoms with Crippen LogP contribution in [0.15, 0.2) is 88.7 Å². The zero-order valence-corrected chi connectivity index (χ0v) is 19.3. The number of carbonyl (C=O) groups excluding carboxylic acids is 2. The molecule has 0 aliphatic heterocycles. The van der Waals surface area contributed by atoms with Crippen LogP contribution in [0.2, 0.25) is 0 Å². The Bertz CT molecular complexity index is 963. The van der Waals surface area contributed by atoms with E-state index in [1.54, 1.807) is 6.92 Å². The van der Waals surface area contributed by atoms with Crippen LogP contribution in [0.5, 0.6) is 0 Å². The van der Waals surface area contributed by atoms with Gasteiger partial charge in [0.15, 0.2) is 21.4 Å². The molecule has 3 rings (SSSR count). The Labute approximate surface area is 180 Å². The fourth-order valence-corrected chi connectivity index (χ4v) is 4.82. The smallest absolute Gasteiger partial charge is 0.198 e. The molecule has 0 saturated heterocycles. The molecule has 3 aromatic carbocycles. The molecule has 0 aromatic heterocycles. The van der Waals surface area contributed by atoms with Crippen LogP contribution in [-0.4, -0.2) is 36.6 Å². The average molecular weight is 425 g/mol. The third-order valence-corrected chi connectivity index (χ3v) is 6.78. The Morgan fingerprint density at radius 1 is 0.586 bits per heavy atom. The number of carbonyl (C=O) groups is 2. The maximum Gasteiger partial charge on any atom is 0.198 e. The summed E-state index contributed by atoms with van der Waals surface area (Å²) in [6.07, 6.45) is 8.53. The van der Waals surface area contributed by atoms with Crippen molar-refractivity contribution in [3.05, 3.63) is 95.6 Å². The maximum absolute atomic E-state index is 12.4. The lowest BCUT2D eigenvalue weighted by atomic mass is 10.0. The number of ketones is 2. The summed E-state index contributed by atoms with van der Waals surface area (Å²) < 4.78 is 0. The Kier molecular flexibility index (Phi) is 8.74. The Morgan fingerprint density at radius 3 is 1.45 bits per heavy atom. The van der Waals surface area contributed by atoms with E-state index >= 15 is 0 Å². The van der Waals surface area contributed by atoms with Gasteiger partial charge < -0.3 is 0 Å². The Hall–Kier alpha value is -2.30. The van der Waals surface area contributed by atoms with Crippen molar-refractivity contribution < 1.29 is 9.59 Å². The van der Waals surface area contributed by atoms with Crippen molar-refractivity contribution in [1.29, 1.82) is 0 Å². The van der Waals surface area contributed by atoms with Gasteiger partial charge in [-0.25, -0.2) is 0 Å². The van der Waals surface area contributed by atoms with Gasteiger partial charge in [-0.2, -0.15) is 0 Å². The number of Topliss-reactive ketones (excluding diaryl/α,β-unsaturated/α-hetero) is 1. The van der Waals surface area contributed by atoms with Gasteiger partial charge in [0.05, 0.1) is 11.1 Å². The lowest BCUT2D eigenvalue weighted by Crippen LogP contribution is -2.08. The van der Waals surface area contributed by atoms with E-state index in [9.17, 15) is 9.59 Å². The van der Waals surface area contributed by atoms with Crippen LogP contribution in [0.1, 0.15) is 33.2 Å². The number of rotatable bonds is 5. The van der Waals surface area contributed by atoms with E-state index in [-0.39, 0.29) is 33.4 Å². The molecule has 3 aromatic rings. The molecule has 0 bridgehead atoms. The average Bonchev–Trinajstić information content (AvgIpc) is 2.74. The first-order valence-corrected chi connectivity index (χ1v) is 13.3. The minimum Gasteiger partial charge on any atom is -0.294 e. The zero-order chi connectivity index (χ0) is 21.4. The molecule has 0 heterocycles. The second-order valence-electron chi connectivity index (χ2n) is 6.88. The molecule has 2 nitrogen and oxygen atoms in total. The van der Waals surface area contributed by atoms with Gasteiger partial charge in [0.1, 0.15) is 25.0 Å². The van der Waals surface area contributed by atoms with E-state index in [2.05, 4.69) is 25.0 Å². The van der Waals surface area contributed by atoms with Crippen molar-refractivity contribution in [1.82, 2.24) is 0 Å². The fraction of sp³-hybridized carbons (Fsp3) is 0.200. The van der Waals surface area contributed by atoms with E-state index < -0.39 is 0 Å². The van der Waals surface area contributed by atoms with Crippen molar-refractivity contribution in [3.63, 3.8) is 0 Å². The van der Waals surface area contributed by atoms with Gasteiger partial charge in [-0.1, -0.05) is 54.6 Å². The van der Waals surface area contributed by atoms with Crippen LogP contribution in [0.4, 0.5) is 0 Å². The molecule has 0 atom stereocenters. The first-order chi connectivity index (χ1) is 13.8. The van der Waals surface area contributed by atoms with Crippen molar-refractivity contribution >= 4 is 33.4 Å². The summed E-state index contributed by atoms with van der Waals surface area (Å²) in [7, 11) is 0.262. The molecule has 0 aliphatic carbocycles. The topological polar surface area (TPSA) is 34.1 Å². The summed E-state index contributed by atoms with van der Waals surface area (Å²) in [4.78, 5) is 25.9. The summed E-state index contributed by atoms with van der Waals surface area (Å²) in [5.74, 6) is 0.272. The third kappa shape index (κ3) is 6.34. The van der Waals surface area contributed by atoms with E-state index in [1.165, 1.54) is 4.90 Å². The quantitative estimate of drug-likeness (QED) is 0.412. The summed E-state index contributed by atoms with van der Waals surface area (Å²) in [5, 5.41) is 0. The fourth-order valence-electron chi connectivity index (χ4n) is 2.87. The highest BCUT2D eigenvalue weighted by Gasteiger charge is 2.20. The molecule has 0 unspecified atom stereocenters. The summed E-state index contributed by atoms with van der Waals surface area (Å²) in [6, 6.07) is 25.1. The Morgan fingerprint density at radius 2 is 1.00 bits per heavy atom. The predicted octanol–water partition coefficient (Wildman–Crippen LogP) is 5.28. The highest BCUT2D eigenvalue weighted by Crippen LogP contribution is 2.19. The van der Waals surface area contributed by atoms with Crippen LogP contribution >= 0.6 is 0 Å². The molecule has 0 spiro atoms. The van der Waals surface area contributed by atoms with E-state index in [0.717, 1.165) is 21.6 Å². The van der Waals surface area contributed by atoms with Gasteiger partial charge in [0.2, 0.25) is 0 Å². The second kappa shape index (κ2) is 11.0. The second-order valence-corrected chi connectivity index (χ2v) is 11.0. The molecular weight excluding hydrogens is 396 g/mol. The minimum absolute atomic E-state index is 0.0943. The number of hydrogen-bond donors (Lipinski definition) is 0. The maximum atomic E-state index is 12.4. The summed E-state index contributed by atoms with van der Waals surface area (Å²) in [6.45, 7) is 1.62. The van der Waals surface area contributed by atoms with Crippen molar-refractivity contribution in [2.45, 2.75) is 16.7 Å². The van der Waals surface area contributed by atoms with Gasteiger partial charge in [-0.15, -0.1) is 0 Å². The predicted molar refractivity (Wildman–Crippen MR) is 128 cm³/mol. The largest absolute Gasteiger partial charge is 0.294 e. The van der Waals surface area contributed by atoms with Crippen molar-refractivity contribution in [2.24, 2.45) is 0 Å². The molecule has 0 saturated carbocycles. The highest BCUT2D eigenvalue weighted by atomic mass is 32.2. The van der Waals surface area contributed by atoms with Crippen LogP contribution in [0.3, 0.4) is 0 Å². The lowest BCUT2D eigenvalue weighted by Gasteiger charge is -2.05. The molecule has 0 fully saturated rings. The van der Waals surface area contributed by atoms with Gasteiger partial charge >= 0.3 is 0 Å². The molecule has 150 valence electrons. The first-order valence-electron chi connectivity index (χ1n) is 9.26. The van der Waals surface area contributed by atoms with Crippen molar-refractivity contribution in [2.75, 3.05) is 25.0 Å². The zero-order valence-electron chi connectivity index (χ0n) is 17.6. The summed E-state index contributed by atoms with van der Waals surface area (Å²) >= 11 is 0. The standard InChI is InChI=1S/C15H15OS.C10H13OS/c1-17(2)14-11-7-6-10-13(14)15(16)12-8-4-3-5-9-12;1-8(11)9-6-4-5-7-10(9)12(2)3/h3-11H,1-2H3;4-7H,1-3H3/q2*+1. The normalized spacial score (nSPS) is 10.4. The third-order valence-electron chi connectivity index (χ3n) is 4.31. The van der Waals surface area contributed by atoms with Crippen molar-refractivity contribution in [3.8, 4) is 0 Å². The van der Waals surface area contributed by atoms with Gasteiger partial charge in [-0.05, 0) is 31.2 Å². The van der Waals surface area contributed by atoms with Gasteiger partial charge in [0.25, 0.3) is 0 Å². The van der Waals surface area contributed by atoms with Crippen LogP contribution in [0, 0.1) is 0 Å². The highest BCUT2D eigenvalue weighted by molar-refractivity contribution is 7.95. The van der Waals surface area contributed by atoms with E-state index in [0.29, 0.717) is 0 Å². The lowest BCUT2D eigenvalue weighted by molar-refractivity contribution is 0.101. The van der Waals surface area contributed by atoms with E-state index in [4.69, 9.17) is 0 Å². The number of hydrogen-bond acceptors (Lipinski definition) is 2. The van der Waals surface area contributed by atoms with Crippen LogP contribution < -0.4 is 0 Å². The van der Waals surface area contributed by atoms with Gasteiger partial charge in [0, 0.05) is 27.4 Å². The molecular formula is C25H28O2S2+2. The monoisotopic (exact) mass is 424 g/mol. The molecule has 4 heteroatoms. The molecule has 0 radical (unpaired) electrons. The molecule has 29 heavy (non-hydrogen) atoms. The first kappa shape index (κ1) is 23.0. The Balaban J connectivity index is 0.000000221. The van der Waals surface area contributed by atoms with Crippen LogP contribution in [-0.2, 0) is 21.8 Å². The molecule has 0 amide bonds. The molecule has 0 N–H and O–H groups in total. The summed E-state index contributed by atoms with van der Waals surface area (Å²) in [5.41, 5.74) is 2.45. The number of benzene rings is 3. The van der Waals surface area contributed by atoms with E-state index in [1.807, 2.05) is 78.9 Å².